The average Bonchev–Trinajstić information content (AvgIpc) is 2.83. The van der Waals surface area contributed by atoms with Gasteiger partial charge in [-0.1, -0.05) is 28.1 Å². The second-order valence-electron chi connectivity index (χ2n) is 4.61. The van der Waals surface area contributed by atoms with Gasteiger partial charge in [0.1, 0.15) is 0 Å². The lowest BCUT2D eigenvalue weighted by Gasteiger charge is -1.97. The Balaban J connectivity index is 1.84. The van der Waals surface area contributed by atoms with Crippen LogP contribution in [0.4, 0.5) is 5.69 Å². The van der Waals surface area contributed by atoms with E-state index in [1.54, 1.807) is 18.0 Å². The lowest BCUT2D eigenvalue weighted by molar-refractivity contribution is -0.110. The van der Waals surface area contributed by atoms with E-state index < -0.39 is 0 Å². The minimum Gasteiger partial charge on any atom is -0.320 e. The summed E-state index contributed by atoms with van der Waals surface area (Å²) in [6.45, 7) is 0. The van der Waals surface area contributed by atoms with Gasteiger partial charge in [-0.05, 0) is 42.2 Å². The molecule has 3 rings (SSSR count). The molecule has 2 aromatic rings. The van der Waals surface area contributed by atoms with Gasteiger partial charge in [-0.3, -0.25) is 4.79 Å². The number of nitrogens with one attached hydrogen (secondary N) is 1. The monoisotopic (exact) mass is 373 g/mol. The molecule has 22 heavy (non-hydrogen) atoms. The van der Waals surface area contributed by atoms with Crippen LogP contribution in [0.25, 0.3) is 0 Å². The SMILES string of the molecule is CSc1ccc(/C=N\N=C2/C(=O)Nc3ccc(Br)cc32)cc1. The first-order valence-electron chi connectivity index (χ1n) is 6.54. The van der Waals surface area contributed by atoms with E-state index in [1.807, 2.05) is 48.7 Å². The molecule has 4 nitrogen and oxygen atoms in total. The molecule has 1 amide bonds. The van der Waals surface area contributed by atoms with Crippen LogP contribution in [-0.2, 0) is 4.79 Å². The molecule has 2 aromatic carbocycles. The number of halogens is 1. The summed E-state index contributed by atoms with van der Waals surface area (Å²) in [4.78, 5) is 13.1. The highest BCUT2D eigenvalue weighted by molar-refractivity contribution is 9.10. The lowest BCUT2D eigenvalue weighted by Crippen LogP contribution is -2.13. The van der Waals surface area contributed by atoms with Crippen LogP contribution in [0.5, 0.6) is 0 Å². The van der Waals surface area contributed by atoms with Crippen molar-refractivity contribution in [3.05, 3.63) is 58.1 Å². The summed E-state index contributed by atoms with van der Waals surface area (Å²) in [5.74, 6) is -0.233. The third-order valence-corrected chi connectivity index (χ3v) is 4.42. The molecule has 0 saturated heterocycles. The lowest BCUT2D eigenvalue weighted by atomic mass is 10.1. The molecule has 1 aliphatic rings. The van der Waals surface area contributed by atoms with Gasteiger partial charge >= 0.3 is 0 Å². The van der Waals surface area contributed by atoms with Crippen LogP contribution in [0.15, 0.2) is 62.0 Å². The summed E-state index contributed by atoms with van der Waals surface area (Å²) in [6, 6.07) is 13.5. The van der Waals surface area contributed by atoms with Crippen molar-refractivity contribution in [2.75, 3.05) is 11.6 Å². The van der Waals surface area contributed by atoms with Gasteiger partial charge in [0.15, 0.2) is 5.71 Å². The smallest absolute Gasteiger partial charge is 0.276 e. The predicted octanol–water partition coefficient (Wildman–Crippen LogP) is 3.95. The number of fused-ring (bicyclic) bond motifs is 1. The van der Waals surface area contributed by atoms with Gasteiger partial charge in [-0.25, -0.2) is 0 Å². The van der Waals surface area contributed by atoms with Crippen molar-refractivity contribution in [2.24, 2.45) is 10.2 Å². The number of thioether (sulfide) groups is 1. The number of carbonyl (C=O) groups is 1. The number of anilines is 1. The van der Waals surface area contributed by atoms with Gasteiger partial charge in [-0.2, -0.15) is 5.10 Å². The van der Waals surface area contributed by atoms with Gasteiger partial charge in [0.05, 0.1) is 11.9 Å². The first-order valence-corrected chi connectivity index (χ1v) is 8.55. The third-order valence-electron chi connectivity index (χ3n) is 3.18. The van der Waals surface area contributed by atoms with Gasteiger partial charge in [0, 0.05) is 14.9 Å². The first kappa shape index (κ1) is 15.0. The summed E-state index contributed by atoms with van der Waals surface area (Å²) in [7, 11) is 0. The molecule has 110 valence electrons. The number of amides is 1. The zero-order valence-electron chi connectivity index (χ0n) is 11.7. The van der Waals surface area contributed by atoms with E-state index in [9.17, 15) is 4.79 Å². The molecule has 0 radical (unpaired) electrons. The Labute approximate surface area is 140 Å². The Morgan fingerprint density at radius 3 is 2.68 bits per heavy atom. The minimum atomic E-state index is -0.233. The Kier molecular flexibility index (Phi) is 4.40. The van der Waals surface area contributed by atoms with E-state index in [0.29, 0.717) is 5.71 Å². The van der Waals surface area contributed by atoms with E-state index in [4.69, 9.17) is 0 Å². The van der Waals surface area contributed by atoms with Crippen molar-refractivity contribution >= 4 is 51.2 Å². The second kappa shape index (κ2) is 6.46. The zero-order valence-corrected chi connectivity index (χ0v) is 14.1. The average molecular weight is 374 g/mol. The standard InChI is InChI=1S/C16H12BrN3OS/c1-22-12-5-2-10(3-6-12)9-18-20-15-13-8-11(17)4-7-14(13)19-16(15)21/h2-9H,1H3,(H,19,20,21)/b18-9-. The van der Waals surface area contributed by atoms with E-state index in [-0.39, 0.29) is 5.91 Å². The number of carbonyl (C=O) groups excluding carboxylic acids is 1. The molecule has 0 aromatic heterocycles. The molecule has 0 aliphatic carbocycles. The fraction of sp³-hybridized carbons (Fsp3) is 0.0625. The van der Waals surface area contributed by atoms with Crippen molar-refractivity contribution in [3.8, 4) is 0 Å². The number of hydrogen-bond donors (Lipinski definition) is 1. The largest absolute Gasteiger partial charge is 0.320 e. The van der Waals surface area contributed by atoms with Crippen LogP contribution in [0.3, 0.4) is 0 Å². The van der Waals surface area contributed by atoms with Crippen molar-refractivity contribution in [3.63, 3.8) is 0 Å². The maximum absolute atomic E-state index is 11.9. The minimum absolute atomic E-state index is 0.233. The summed E-state index contributed by atoms with van der Waals surface area (Å²) in [6.07, 6.45) is 3.67. The highest BCUT2D eigenvalue weighted by Gasteiger charge is 2.26. The molecule has 0 saturated carbocycles. The molecule has 6 heteroatoms. The van der Waals surface area contributed by atoms with Gasteiger partial charge in [-0.15, -0.1) is 16.9 Å². The van der Waals surface area contributed by atoms with Crippen LogP contribution in [0.1, 0.15) is 11.1 Å². The summed E-state index contributed by atoms with van der Waals surface area (Å²) in [5.41, 5.74) is 2.78. The predicted molar refractivity (Wildman–Crippen MR) is 95.1 cm³/mol. The van der Waals surface area contributed by atoms with Crippen molar-refractivity contribution in [1.82, 2.24) is 0 Å². The zero-order chi connectivity index (χ0) is 15.5. The van der Waals surface area contributed by atoms with Gasteiger partial charge < -0.3 is 5.32 Å². The maximum Gasteiger partial charge on any atom is 0.276 e. The van der Waals surface area contributed by atoms with Gasteiger partial charge in [0.2, 0.25) is 0 Å². The highest BCUT2D eigenvalue weighted by Crippen LogP contribution is 2.26. The van der Waals surface area contributed by atoms with Crippen molar-refractivity contribution in [1.29, 1.82) is 0 Å². The van der Waals surface area contributed by atoms with E-state index in [0.717, 1.165) is 21.3 Å². The summed E-state index contributed by atoms with van der Waals surface area (Å²) < 4.78 is 0.895. The summed E-state index contributed by atoms with van der Waals surface area (Å²) >= 11 is 5.08. The van der Waals surface area contributed by atoms with Crippen LogP contribution < -0.4 is 5.32 Å². The van der Waals surface area contributed by atoms with E-state index >= 15 is 0 Å². The Morgan fingerprint density at radius 1 is 1.18 bits per heavy atom. The first-order chi connectivity index (χ1) is 10.7. The summed E-state index contributed by atoms with van der Waals surface area (Å²) in [5, 5.41) is 10.9. The van der Waals surface area contributed by atoms with E-state index in [1.165, 1.54) is 4.90 Å². The quantitative estimate of drug-likeness (QED) is 0.503. The number of hydrogen-bond acceptors (Lipinski definition) is 4. The Bertz CT molecular complexity index is 784. The van der Waals surface area contributed by atoms with Crippen LogP contribution in [-0.4, -0.2) is 24.1 Å². The second-order valence-corrected chi connectivity index (χ2v) is 6.41. The Morgan fingerprint density at radius 2 is 1.95 bits per heavy atom. The molecule has 0 bridgehead atoms. The number of rotatable bonds is 3. The maximum atomic E-state index is 11.9. The van der Waals surface area contributed by atoms with E-state index in [2.05, 4.69) is 31.4 Å². The molecule has 0 fully saturated rings. The molecule has 0 unspecified atom stereocenters. The molecule has 1 N–H and O–H groups in total. The third kappa shape index (κ3) is 3.13. The van der Waals surface area contributed by atoms with Crippen LogP contribution in [0, 0.1) is 0 Å². The van der Waals surface area contributed by atoms with Crippen molar-refractivity contribution in [2.45, 2.75) is 4.90 Å². The van der Waals surface area contributed by atoms with Gasteiger partial charge in [0.25, 0.3) is 5.91 Å². The molecular weight excluding hydrogens is 362 g/mol. The molecule has 1 heterocycles. The number of benzene rings is 2. The fourth-order valence-electron chi connectivity index (χ4n) is 2.07. The van der Waals surface area contributed by atoms with Crippen LogP contribution in [0.2, 0.25) is 0 Å². The normalized spacial score (nSPS) is 15.4. The van der Waals surface area contributed by atoms with Crippen molar-refractivity contribution < 1.29 is 4.79 Å². The molecule has 0 atom stereocenters. The van der Waals surface area contributed by atoms with Crippen LogP contribution >= 0.6 is 27.7 Å². The fourth-order valence-corrected chi connectivity index (χ4v) is 2.84. The number of nitrogens with zero attached hydrogens (tertiary/aromatic N) is 2. The molecular formula is C16H12BrN3OS. The highest BCUT2D eigenvalue weighted by atomic mass is 79.9. The Hall–Kier alpha value is -1.92. The molecule has 1 aliphatic heterocycles. The topological polar surface area (TPSA) is 53.8 Å². The molecule has 0 spiro atoms.